The minimum Gasteiger partial charge on any atom is -0.308 e. The molecular formula is C24H19Cl2N3O2S. The first-order valence-corrected chi connectivity index (χ1v) is 11.5. The fourth-order valence-electron chi connectivity index (χ4n) is 3.51. The molecule has 2 heterocycles. The summed E-state index contributed by atoms with van der Waals surface area (Å²) in [6.07, 6.45) is 1.78. The van der Waals surface area contributed by atoms with Crippen molar-refractivity contribution < 1.29 is 9.59 Å². The lowest BCUT2D eigenvalue weighted by atomic mass is 10.1. The van der Waals surface area contributed by atoms with Crippen LogP contribution >= 0.6 is 34.5 Å². The molecule has 5 nitrogen and oxygen atoms in total. The molecule has 1 aliphatic heterocycles. The monoisotopic (exact) mass is 483 g/mol. The maximum atomic E-state index is 13.1. The molecule has 0 fully saturated rings. The SMILES string of the molecule is C=CCN(C(=O)CCN1C(=C)c2ccccc2C1=O)c1nc(-c2ccc(Cl)c(Cl)c2)cs1. The van der Waals surface area contributed by atoms with Gasteiger partial charge in [-0.3, -0.25) is 14.5 Å². The number of halogens is 2. The number of thiazole rings is 1. The smallest absolute Gasteiger partial charge is 0.258 e. The van der Waals surface area contributed by atoms with E-state index in [-0.39, 0.29) is 24.8 Å². The van der Waals surface area contributed by atoms with Gasteiger partial charge in [-0.05, 0) is 18.2 Å². The molecule has 3 aromatic rings. The zero-order valence-electron chi connectivity index (χ0n) is 17.1. The van der Waals surface area contributed by atoms with Crippen molar-refractivity contribution in [3.63, 3.8) is 0 Å². The van der Waals surface area contributed by atoms with Crippen LogP contribution in [-0.4, -0.2) is 34.8 Å². The number of amides is 2. The van der Waals surface area contributed by atoms with Gasteiger partial charge >= 0.3 is 0 Å². The average Bonchev–Trinajstić information content (AvgIpc) is 3.37. The molecule has 0 saturated heterocycles. The second-order valence-corrected chi connectivity index (χ2v) is 8.79. The van der Waals surface area contributed by atoms with E-state index in [4.69, 9.17) is 23.2 Å². The molecule has 32 heavy (non-hydrogen) atoms. The Morgan fingerprint density at radius 2 is 1.91 bits per heavy atom. The average molecular weight is 484 g/mol. The van der Waals surface area contributed by atoms with Crippen molar-refractivity contribution in [2.45, 2.75) is 6.42 Å². The molecule has 0 atom stereocenters. The molecule has 0 aliphatic carbocycles. The fraction of sp³-hybridized carbons (Fsp3) is 0.125. The van der Waals surface area contributed by atoms with Gasteiger partial charge in [0.2, 0.25) is 5.91 Å². The molecule has 0 unspecified atom stereocenters. The number of carbonyl (C=O) groups excluding carboxylic acids is 2. The van der Waals surface area contributed by atoms with Crippen LogP contribution in [0.4, 0.5) is 5.13 Å². The van der Waals surface area contributed by atoms with Crippen LogP contribution in [0.3, 0.4) is 0 Å². The van der Waals surface area contributed by atoms with E-state index in [0.29, 0.717) is 38.7 Å². The van der Waals surface area contributed by atoms with E-state index >= 15 is 0 Å². The van der Waals surface area contributed by atoms with Crippen LogP contribution in [0.5, 0.6) is 0 Å². The summed E-state index contributed by atoms with van der Waals surface area (Å²) in [7, 11) is 0. The third kappa shape index (κ3) is 4.21. The second kappa shape index (κ2) is 9.28. The van der Waals surface area contributed by atoms with E-state index in [9.17, 15) is 9.59 Å². The van der Waals surface area contributed by atoms with E-state index in [0.717, 1.165) is 11.1 Å². The lowest BCUT2D eigenvalue weighted by Crippen LogP contribution is -2.34. The number of aromatic nitrogens is 1. The van der Waals surface area contributed by atoms with Crippen LogP contribution in [0.25, 0.3) is 17.0 Å². The number of fused-ring (bicyclic) bond motifs is 1. The molecule has 0 saturated carbocycles. The van der Waals surface area contributed by atoms with Crippen LogP contribution in [-0.2, 0) is 4.79 Å². The van der Waals surface area contributed by atoms with Crippen LogP contribution in [0.15, 0.2) is 67.1 Å². The summed E-state index contributed by atoms with van der Waals surface area (Å²) in [4.78, 5) is 33.5. The Kier molecular flexibility index (Phi) is 6.46. The van der Waals surface area contributed by atoms with E-state index in [1.54, 1.807) is 34.1 Å². The van der Waals surface area contributed by atoms with Crippen LogP contribution in [0, 0.1) is 0 Å². The molecule has 4 rings (SSSR count). The van der Waals surface area contributed by atoms with Gasteiger partial charge in [-0.2, -0.15) is 0 Å². The van der Waals surface area contributed by atoms with Crippen molar-refractivity contribution in [2.24, 2.45) is 0 Å². The Hall–Kier alpha value is -2.93. The maximum absolute atomic E-state index is 13.1. The quantitative estimate of drug-likeness (QED) is 0.378. The zero-order chi connectivity index (χ0) is 22.8. The third-order valence-corrected chi connectivity index (χ3v) is 6.74. The lowest BCUT2D eigenvalue weighted by molar-refractivity contribution is -0.118. The summed E-state index contributed by atoms with van der Waals surface area (Å²) in [6.45, 7) is 8.33. The molecular weight excluding hydrogens is 465 g/mol. The number of nitrogens with zero attached hydrogens (tertiary/aromatic N) is 3. The van der Waals surface area contributed by atoms with Gasteiger partial charge in [0, 0.05) is 47.3 Å². The lowest BCUT2D eigenvalue weighted by Gasteiger charge is -2.21. The molecule has 0 radical (unpaired) electrons. The number of hydrogen-bond donors (Lipinski definition) is 0. The maximum Gasteiger partial charge on any atom is 0.258 e. The third-order valence-electron chi connectivity index (χ3n) is 5.14. The molecule has 1 aromatic heterocycles. The van der Waals surface area contributed by atoms with Gasteiger partial charge < -0.3 is 4.90 Å². The standard InChI is InChI=1S/C24H19Cl2N3O2S/c1-3-11-29(24-27-21(14-32-24)16-8-9-19(25)20(26)13-16)22(30)10-12-28-15(2)17-6-4-5-7-18(17)23(28)31/h3-9,13-14H,1-2,10-12H2. The minimum absolute atomic E-state index is 0.133. The van der Waals surface area contributed by atoms with Crippen LogP contribution in [0.1, 0.15) is 22.3 Å². The van der Waals surface area contributed by atoms with E-state index < -0.39 is 0 Å². The number of carbonyl (C=O) groups is 2. The predicted octanol–water partition coefficient (Wildman–Crippen LogP) is 6.15. The molecule has 0 bridgehead atoms. The Bertz CT molecular complexity index is 1200. The van der Waals surface area contributed by atoms with Gasteiger partial charge in [-0.1, -0.05) is 60.1 Å². The summed E-state index contributed by atoms with van der Waals surface area (Å²) in [5.74, 6) is -0.290. The van der Waals surface area contributed by atoms with Crippen molar-refractivity contribution in [3.05, 3.63) is 88.3 Å². The first-order valence-electron chi connectivity index (χ1n) is 9.83. The number of hydrogen-bond acceptors (Lipinski definition) is 4. The first-order chi connectivity index (χ1) is 15.4. The number of anilines is 1. The molecule has 1 aliphatic rings. The van der Waals surface area contributed by atoms with Crippen molar-refractivity contribution in [3.8, 4) is 11.3 Å². The van der Waals surface area contributed by atoms with Crippen molar-refractivity contribution >= 4 is 57.2 Å². The summed E-state index contributed by atoms with van der Waals surface area (Å²) in [5.41, 5.74) is 3.54. The molecule has 8 heteroatoms. The Labute approximate surface area is 200 Å². The highest BCUT2D eigenvalue weighted by molar-refractivity contribution is 7.14. The van der Waals surface area contributed by atoms with Crippen LogP contribution < -0.4 is 4.90 Å². The highest BCUT2D eigenvalue weighted by Crippen LogP contribution is 2.33. The topological polar surface area (TPSA) is 53.5 Å². The number of rotatable bonds is 7. The van der Waals surface area contributed by atoms with Gasteiger partial charge in [0.15, 0.2) is 5.13 Å². The van der Waals surface area contributed by atoms with Crippen molar-refractivity contribution in [2.75, 3.05) is 18.0 Å². The predicted molar refractivity (Wildman–Crippen MR) is 131 cm³/mol. The van der Waals surface area contributed by atoms with E-state index in [2.05, 4.69) is 18.1 Å². The summed E-state index contributed by atoms with van der Waals surface area (Å²) in [6, 6.07) is 12.6. The van der Waals surface area contributed by atoms with E-state index in [1.807, 2.05) is 29.6 Å². The summed E-state index contributed by atoms with van der Waals surface area (Å²) < 4.78 is 0. The van der Waals surface area contributed by atoms with Gasteiger partial charge in [-0.15, -0.1) is 17.9 Å². The van der Waals surface area contributed by atoms with Gasteiger partial charge in [0.1, 0.15) is 0 Å². The summed E-state index contributed by atoms with van der Waals surface area (Å²) in [5, 5.41) is 3.32. The molecule has 162 valence electrons. The van der Waals surface area contributed by atoms with E-state index in [1.165, 1.54) is 11.3 Å². The van der Waals surface area contributed by atoms with Gasteiger partial charge in [0.25, 0.3) is 5.91 Å². The molecule has 0 spiro atoms. The molecule has 2 amide bonds. The Morgan fingerprint density at radius 3 is 2.59 bits per heavy atom. The highest BCUT2D eigenvalue weighted by Gasteiger charge is 2.31. The van der Waals surface area contributed by atoms with Crippen molar-refractivity contribution in [1.29, 1.82) is 0 Å². The minimum atomic E-state index is -0.156. The van der Waals surface area contributed by atoms with Gasteiger partial charge in [0.05, 0.1) is 15.7 Å². The van der Waals surface area contributed by atoms with Crippen LogP contribution in [0.2, 0.25) is 10.0 Å². The number of benzene rings is 2. The van der Waals surface area contributed by atoms with Gasteiger partial charge in [-0.25, -0.2) is 4.98 Å². The zero-order valence-corrected chi connectivity index (χ0v) is 19.4. The Morgan fingerprint density at radius 1 is 1.16 bits per heavy atom. The summed E-state index contributed by atoms with van der Waals surface area (Å²) >= 11 is 13.5. The highest BCUT2D eigenvalue weighted by atomic mass is 35.5. The normalized spacial score (nSPS) is 12.8. The Balaban J connectivity index is 1.49. The second-order valence-electron chi connectivity index (χ2n) is 7.14. The molecule has 2 aromatic carbocycles. The fourth-order valence-corrected chi connectivity index (χ4v) is 4.66. The van der Waals surface area contributed by atoms with Crippen molar-refractivity contribution in [1.82, 2.24) is 9.88 Å². The first kappa shape index (κ1) is 22.3. The largest absolute Gasteiger partial charge is 0.308 e. The molecule has 0 N–H and O–H groups in total.